The molecule has 7 heteroatoms. The summed E-state index contributed by atoms with van der Waals surface area (Å²) in [6.45, 7) is 2.05. The van der Waals surface area contributed by atoms with Gasteiger partial charge in [0, 0.05) is 37.4 Å². The highest BCUT2D eigenvalue weighted by Gasteiger charge is 2.17. The fourth-order valence-corrected chi connectivity index (χ4v) is 3.18. The van der Waals surface area contributed by atoms with Crippen LogP contribution in [0, 0.1) is 0 Å². The minimum atomic E-state index is -0.0610. The average Bonchev–Trinajstić information content (AvgIpc) is 3.21. The molecule has 1 heterocycles. The quantitative estimate of drug-likeness (QED) is 0.645. The number of nitrogens with one attached hydrogen (secondary N) is 2. The number of nitrogens with two attached hydrogens (primary N) is 1. The second-order valence-electron chi connectivity index (χ2n) is 6.80. The smallest absolute Gasteiger partial charge is 0.321 e. The molecule has 2 aromatic carbocycles. The van der Waals surface area contributed by atoms with Crippen molar-refractivity contribution in [3.8, 4) is 0 Å². The number of likely N-dealkylation sites (tertiary alicyclic amines) is 1. The predicted octanol–water partition coefficient (Wildman–Crippen LogP) is 3.57. The SMILES string of the molecule is Cl.Nc1ccccc1CCC(=O)NCc1cccc(NC(=O)N2CCCC2)c1. The van der Waals surface area contributed by atoms with Crippen LogP contribution in [0.2, 0.25) is 0 Å². The Morgan fingerprint density at radius 1 is 1.04 bits per heavy atom. The van der Waals surface area contributed by atoms with Crippen LogP contribution in [-0.2, 0) is 17.8 Å². The molecule has 3 amide bonds. The predicted molar refractivity (Wildman–Crippen MR) is 115 cm³/mol. The number of hydrogen-bond donors (Lipinski definition) is 3. The van der Waals surface area contributed by atoms with Gasteiger partial charge in [0.2, 0.25) is 5.91 Å². The van der Waals surface area contributed by atoms with Gasteiger partial charge in [-0.05, 0) is 48.6 Å². The Morgan fingerprint density at radius 2 is 1.79 bits per heavy atom. The molecule has 28 heavy (non-hydrogen) atoms. The molecule has 3 rings (SSSR count). The number of rotatable bonds is 6. The normalized spacial score (nSPS) is 12.9. The van der Waals surface area contributed by atoms with E-state index in [-0.39, 0.29) is 24.3 Å². The number of nitrogens with zero attached hydrogens (tertiary/aromatic N) is 1. The maximum Gasteiger partial charge on any atom is 0.321 e. The van der Waals surface area contributed by atoms with Gasteiger partial charge < -0.3 is 21.3 Å². The van der Waals surface area contributed by atoms with Crippen molar-refractivity contribution in [2.24, 2.45) is 0 Å². The number of anilines is 2. The van der Waals surface area contributed by atoms with E-state index in [0.717, 1.165) is 42.7 Å². The lowest BCUT2D eigenvalue weighted by Gasteiger charge is -2.16. The number of halogens is 1. The summed E-state index contributed by atoms with van der Waals surface area (Å²) in [7, 11) is 0. The minimum Gasteiger partial charge on any atom is -0.399 e. The highest BCUT2D eigenvalue weighted by atomic mass is 35.5. The van der Waals surface area contributed by atoms with Crippen LogP contribution in [0.25, 0.3) is 0 Å². The molecule has 1 saturated heterocycles. The van der Waals surface area contributed by atoms with Crippen molar-refractivity contribution in [2.45, 2.75) is 32.2 Å². The lowest BCUT2D eigenvalue weighted by molar-refractivity contribution is -0.121. The van der Waals surface area contributed by atoms with Crippen molar-refractivity contribution in [3.63, 3.8) is 0 Å². The van der Waals surface area contributed by atoms with Crippen LogP contribution in [0.3, 0.4) is 0 Å². The zero-order valence-corrected chi connectivity index (χ0v) is 16.6. The third kappa shape index (κ3) is 6.16. The Labute approximate surface area is 171 Å². The Balaban J connectivity index is 0.00000280. The summed E-state index contributed by atoms with van der Waals surface area (Å²) in [5.41, 5.74) is 9.30. The molecule has 0 aromatic heterocycles. The van der Waals surface area contributed by atoms with Gasteiger partial charge in [-0.25, -0.2) is 4.79 Å². The van der Waals surface area contributed by atoms with Crippen LogP contribution < -0.4 is 16.4 Å². The summed E-state index contributed by atoms with van der Waals surface area (Å²) >= 11 is 0. The third-order valence-electron chi connectivity index (χ3n) is 4.74. The first-order valence-electron chi connectivity index (χ1n) is 9.37. The number of hydrogen-bond acceptors (Lipinski definition) is 3. The van der Waals surface area contributed by atoms with Crippen LogP contribution in [0.5, 0.6) is 0 Å². The van der Waals surface area contributed by atoms with Gasteiger partial charge in [-0.2, -0.15) is 0 Å². The molecule has 2 aromatic rings. The van der Waals surface area contributed by atoms with Crippen molar-refractivity contribution < 1.29 is 9.59 Å². The maximum absolute atomic E-state index is 12.2. The molecule has 150 valence electrons. The van der Waals surface area contributed by atoms with Gasteiger partial charge in [0.1, 0.15) is 0 Å². The van der Waals surface area contributed by atoms with Crippen LogP contribution in [0.15, 0.2) is 48.5 Å². The Morgan fingerprint density at radius 3 is 2.54 bits per heavy atom. The first-order valence-corrected chi connectivity index (χ1v) is 9.37. The van der Waals surface area contributed by atoms with E-state index in [4.69, 9.17) is 5.73 Å². The van der Waals surface area contributed by atoms with Crippen molar-refractivity contribution in [3.05, 3.63) is 59.7 Å². The van der Waals surface area contributed by atoms with Crippen molar-refractivity contribution >= 4 is 35.7 Å². The monoisotopic (exact) mass is 402 g/mol. The summed E-state index contributed by atoms with van der Waals surface area (Å²) < 4.78 is 0. The van der Waals surface area contributed by atoms with E-state index >= 15 is 0 Å². The summed E-state index contributed by atoms with van der Waals surface area (Å²) in [6, 6.07) is 15.1. The van der Waals surface area contributed by atoms with E-state index in [1.165, 1.54) is 0 Å². The zero-order valence-electron chi connectivity index (χ0n) is 15.8. The fourth-order valence-electron chi connectivity index (χ4n) is 3.18. The highest BCUT2D eigenvalue weighted by molar-refractivity contribution is 5.89. The highest BCUT2D eigenvalue weighted by Crippen LogP contribution is 2.15. The second kappa shape index (κ2) is 10.6. The number of benzene rings is 2. The molecule has 1 fully saturated rings. The molecule has 6 nitrogen and oxygen atoms in total. The van der Waals surface area contributed by atoms with Crippen molar-refractivity contribution in [1.29, 1.82) is 0 Å². The number of para-hydroxylation sites is 1. The number of carbonyl (C=O) groups is 2. The first kappa shape index (κ1) is 21.6. The van der Waals surface area contributed by atoms with Crippen LogP contribution in [0.1, 0.15) is 30.4 Å². The van der Waals surface area contributed by atoms with Gasteiger partial charge in [0.05, 0.1) is 0 Å². The van der Waals surface area contributed by atoms with Gasteiger partial charge in [-0.1, -0.05) is 30.3 Å². The maximum atomic E-state index is 12.2. The van der Waals surface area contributed by atoms with Crippen molar-refractivity contribution in [2.75, 3.05) is 24.1 Å². The molecule has 1 aliphatic heterocycles. The summed E-state index contributed by atoms with van der Waals surface area (Å²) in [4.78, 5) is 26.1. The van der Waals surface area contributed by atoms with E-state index in [9.17, 15) is 9.59 Å². The number of aryl methyl sites for hydroxylation is 1. The van der Waals surface area contributed by atoms with E-state index in [1.807, 2.05) is 53.4 Å². The molecule has 0 bridgehead atoms. The fraction of sp³-hybridized carbons (Fsp3) is 0.333. The van der Waals surface area contributed by atoms with Gasteiger partial charge >= 0.3 is 6.03 Å². The lowest BCUT2D eigenvalue weighted by Crippen LogP contribution is -2.32. The summed E-state index contributed by atoms with van der Waals surface area (Å²) in [5, 5.41) is 5.85. The number of amides is 3. The molecule has 0 spiro atoms. The molecule has 0 radical (unpaired) electrons. The van der Waals surface area contributed by atoms with Crippen LogP contribution in [-0.4, -0.2) is 29.9 Å². The van der Waals surface area contributed by atoms with E-state index < -0.39 is 0 Å². The number of nitrogen functional groups attached to an aromatic ring is 1. The number of urea groups is 1. The minimum absolute atomic E-state index is 0. The van der Waals surface area contributed by atoms with E-state index in [0.29, 0.717) is 25.1 Å². The largest absolute Gasteiger partial charge is 0.399 e. The van der Waals surface area contributed by atoms with E-state index in [2.05, 4.69) is 10.6 Å². The molecule has 4 N–H and O–H groups in total. The number of carbonyl (C=O) groups excluding carboxylic acids is 2. The van der Waals surface area contributed by atoms with E-state index in [1.54, 1.807) is 0 Å². The summed E-state index contributed by atoms with van der Waals surface area (Å²) in [6.07, 6.45) is 3.13. The van der Waals surface area contributed by atoms with Gasteiger partial charge in [-0.15, -0.1) is 12.4 Å². The second-order valence-corrected chi connectivity index (χ2v) is 6.80. The zero-order chi connectivity index (χ0) is 19.1. The van der Waals surface area contributed by atoms with Gasteiger partial charge in [0.25, 0.3) is 0 Å². The lowest BCUT2D eigenvalue weighted by atomic mass is 10.1. The molecule has 0 atom stereocenters. The molecule has 0 aliphatic carbocycles. The molecule has 0 saturated carbocycles. The molecular weight excluding hydrogens is 376 g/mol. The Hall–Kier alpha value is -2.73. The van der Waals surface area contributed by atoms with Gasteiger partial charge in [0.15, 0.2) is 0 Å². The molecular formula is C21H27ClN4O2. The molecule has 0 unspecified atom stereocenters. The summed E-state index contributed by atoms with van der Waals surface area (Å²) in [5.74, 6) is -0.0234. The Bertz CT molecular complexity index is 806. The third-order valence-corrected chi connectivity index (χ3v) is 4.74. The Kier molecular flexibility index (Phi) is 8.14. The topological polar surface area (TPSA) is 87.5 Å². The van der Waals surface area contributed by atoms with Crippen molar-refractivity contribution in [1.82, 2.24) is 10.2 Å². The van der Waals surface area contributed by atoms with Crippen LogP contribution in [0.4, 0.5) is 16.2 Å². The van der Waals surface area contributed by atoms with Gasteiger partial charge in [-0.3, -0.25) is 4.79 Å². The first-order chi connectivity index (χ1) is 13.1. The van der Waals surface area contributed by atoms with Crippen LogP contribution >= 0.6 is 12.4 Å². The average molecular weight is 403 g/mol. The molecule has 1 aliphatic rings. The standard InChI is InChI=1S/C21H26N4O2.ClH/c22-19-9-2-1-7-17(19)10-11-20(26)23-15-16-6-5-8-18(14-16)24-21(27)25-12-3-4-13-25;/h1-2,5-9,14H,3-4,10-13,15,22H2,(H,23,26)(H,24,27);1H.